The molecule has 0 aliphatic heterocycles. The normalized spacial score (nSPS) is 11.7. The molecule has 1 atom stereocenters. The van der Waals surface area contributed by atoms with Crippen LogP contribution in [0.4, 0.5) is 4.79 Å². The number of likely N-dealkylation sites (N-methyl/N-ethyl adjacent to an activating group) is 1. The lowest BCUT2D eigenvalue weighted by Gasteiger charge is -2.21. The summed E-state index contributed by atoms with van der Waals surface area (Å²) in [6.07, 6.45) is 1.60. The van der Waals surface area contributed by atoms with Crippen LogP contribution in [-0.2, 0) is 7.05 Å². The molecule has 0 aliphatic carbocycles. The zero-order valence-electron chi connectivity index (χ0n) is 14.4. The molecule has 1 aromatic carbocycles. The van der Waals surface area contributed by atoms with Crippen LogP contribution in [0.25, 0.3) is 0 Å². The minimum atomic E-state index is -0.227. The van der Waals surface area contributed by atoms with Crippen molar-refractivity contribution in [3.8, 4) is 11.5 Å². The van der Waals surface area contributed by atoms with Crippen molar-refractivity contribution in [3.63, 3.8) is 0 Å². The SMILES string of the molecule is COc1ccc(OCCN(C)C(=O)N[C@H](C)c2nncn2C)cc1. The van der Waals surface area contributed by atoms with E-state index in [4.69, 9.17) is 9.47 Å². The summed E-state index contributed by atoms with van der Waals surface area (Å²) in [5, 5.41) is 10.7. The van der Waals surface area contributed by atoms with Crippen molar-refractivity contribution in [2.75, 3.05) is 27.3 Å². The number of carbonyl (C=O) groups excluding carboxylic acids is 1. The predicted octanol–water partition coefficient (Wildman–Crippen LogP) is 1.61. The van der Waals surface area contributed by atoms with Crippen LogP contribution >= 0.6 is 0 Å². The first-order valence-electron chi connectivity index (χ1n) is 7.63. The van der Waals surface area contributed by atoms with Crippen molar-refractivity contribution in [2.24, 2.45) is 7.05 Å². The molecule has 0 spiro atoms. The predicted molar refractivity (Wildman–Crippen MR) is 89.1 cm³/mol. The Labute approximate surface area is 141 Å². The Morgan fingerprint density at radius 2 is 2.00 bits per heavy atom. The topological polar surface area (TPSA) is 81.5 Å². The second kappa shape index (κ2) is 8.19. The second-order valence-electron chi connectivity index (χ2n) is 5.42. The maximum absolute atomic E-state index is 12.2. The lowest BCUT2D eigenvalue weighted by molar-refractivity contribution is 0.192. The van der Waals surface area contributed by atoms with Crippen LogP contribution in [-0.4, -0.2) is 53.0 Å². The molecule has 0 unspecified atom stereocenters. The van der Waals surface area contributed by atoms with E-state index in [-0.39, 0.29) is 12.1 Å². The number of hydrogen-bond donors (Lipinski definition) is 1. The molecule has 0 aliphatic rings. The first-order valence-corrected chi connectivity index (χ1v) is 7.63. The van der Waals surface area contributed by atoms with Crippen molar-refractivity contribution >= 4 is 6.03 Å². The van der Waals surface area contributed by atoms with E-state index >= 15 is 0 Å². The van der Waals surface area contributed by atoms with E-state index < -0.39 is 0 Å². The van der Waals surface area contributed by atoms with Gasteiger partial charge in [-0.2, -0.15) is 0 Å². The van der Waals surface area contributed by atoms with Gasteiger partial charge < -0.3 is 24.3 Å². The molecule has 0 saturated carbocycles. The Balaban J connectivity index is 1.76. The first-order chi connectivity index (χ1) is 11.5. The van der Waals surface area contributed by atoms with Gasteiger partial charge in [0, 0.05) is 14.1 Å². The summed E-state index contributed by atoms with van der Waals surface area (Å²) in [6.45, 7) is 2.72. The second-order valence-corrected chi connectivity index (χ2v) is 5.42. The molecule has 8 nitrogen and oxygen atoms in total. The zero-order chi connectivity index (χ0) is 17.5. The Morgan fingerprint density at radius 1 is 1.33 bits per heavy atom. The van der Waals surface area contributed by atoms with Crippen molar-refractivity contribution < 1.29 is 14.3 Å². The third-order valence-electron chi connectivity index (χ3n) is 3.58. The zero-order valence-corrected chi connectivity index (χ0v) is 14.4. The molecule has 0 radical (unpaired) electrons. The van der Waals surface area contributed by atoms with Gasteiger partial charge in [-0.1, -0.05) is 0 Å². The molecule has 0 fully saturated rings. The lowest BCUT2D eigenvalue weighted by atomic mass is 10.3. The Morgan fingerprint density at radius 3 is 2.58 bits per heavy atom. The maximum atomic E-state index is 12.2. The number of amides is 2. The Bertz CT molecular complexity index is 656. The fraction of sp³-hybridized carbons (Fsp3) is 0.438. The summed E-state index contributed by atoms with van der Waals surface area (Å²) >= 11 is 0. The summed E-state index contributed by atoms with van der Waals surface area (Å²) in [4.78, 5) is 13.7. The first kappa shape index (κ1) is 17.6. The van der Waals surface area contributed by atoms with E-state index in [0.29, 0.717) is 19.0 Å². The third kappa shape index (κ3) is 4.61. The number of nitrogens with zero attached hydrogens (tertiary/aromatic N) is 4. The van der Waals surface area contributed by atoms with E-state index in [1.807, 2.05) is 38.2 Å². The highest BCUT2D eigenvalue weighted by Gasteiger charge is 2.16. The number of aromatic nitrogens is 3. The van der Waals surface area contributed by atoms with Gasteiger partial charge in [0.2, 0.25) is 0 Å². The number of methoxy groups -OCH3 is 1. The van der Waals surface area contributed by atoms with Crippen LogP contribution in [0.5, 0.6) is 11.5 Å². The minimum Gasteiger partial charge on any atom is -0.497 e. The highest BCUT2D eigenvalue weighted by molar-refractivity contribution is 5.74. The van der Waals surface area contributed by atoms with Gasteiger partial charge in [0.05, 0.1) is 19.7 Å². The molecule has 1 heterocycles. The highest BCUT2D eigenvalue weighted by Crippen LogP contribution is 2.16. The number of ether oxygens (including phenoxy) is 2. The summed E-state index contributed by atoms with van der Waals surface area (Å²) in [6, 6.07) is 6.89. The number of urea groups is 1. The van der Waals surface area contributed by atoms with Gasteiger partial charge >= 0.3 is 6.03 Å². The number of hydrogen-bond acceptors (Lipinski definition) is 5. The Hall–Kier alpha value is -2.77. The molecule has 0 bridgehead atoms. The van der Waals surface area contributed by atoms with E-state index in [1.54, 1.807) is 30.0 Å². The van der Waals surface area contributed by atoms with Crippen LogP contribution in [0.1, 0.15) is 18.8 Å². The number of rotatable bonds is 7. The summed E-state index contributed by atoms with van der Waals surface area (Å²) < 4.78 is 12.5. The molecule has 2 amide bonds. The van der Waals surface area contributed by atoms with Crippen LogP contribution < -0.4 is 14.8 Å². The number of aryl methyl sites for hydroxylation is 1. The van der Waals surface area contributed by atoms with Crippen LogP contribution in [0, 0.1) is 0 Å². The standard InChI is InChI=1S/C16H23N5O3/c1-12(15-19-17-11-21(15)3)18-16(22)20(2)9-10-24-14-7-5-13(23-4)6-8-14/h5-8,11-12H,9-10H2,1-4H3,(H,18,22)/t12-/m1/s1. The highest BCUT2D eigenvalue weighted by atomic mass is 16.5. The van der Waals surface area contributed by atoms with Crippen LogP contribution in [0.15, 0.2) is 30.6 Å². The van der Waals surface area contributed by atoms with Crippen LogP contribution in [0.2, 0.25) is 0 Å². The largest absolute Gasteiger partial charge is 0.497 e. The molecule has 0 saturated heterocycles. The quantitative estimate of drug-likeness (QED) is 0.832. The monoisotopic (exact) mass is 333 g/mol. The van der Waals surface area contributed by atoms with Gasteiger partial charge in [-0.3, -0.25) is 0 Å². The van der Waals surface area contributed by atoms with Crippen molar-refractivity contribution in [1.82, 2.24) is 25.0 Å². The summed E-state index contributed by atoms with van der Waals surface area (Å²) in [7, 11) is 5.17. The fourth-order valence-electron chi connectivity index (χ4n) is 2.12. The summed E-state index contributed by atoms with van der Waals surface area (Å²) in [5.41, 5.74) is 0. The molecule has 8 heteroatoms. The van der Waals surface area contributed by atoms with Gasteiger partial charge in [0.15, 0.2) is 5.82 Å². The van der Waals surface area contributed by atoms with Gasteiger partial charge in [0.25, 0.3) is 0 Å². The van der Waals surface area contributed by atoms with Gasteiger partial charge in [-0.25, -0.2) is 4.79 Å². The molecule has 2 aromatic rings. The van der Waals surface area contributed by atoms with E-state index in [2.05, 4.69) is 15.5 Å². The molecule has 130 valence electrons. The van der Waals surface area contributed by atoms with Crippen molar-refractivity contribution in [3.05, 3.63) is 36.4 Å². The summed E-state index contributed by atoms with van der Waals surface area (Å²) in [5.74, 6) is 2.21. The van der Waals surface area contributed by atoms with Gasteiger partial charge in [0.1, 0.15) is 24.4 Å². The van der Waals surface area contributed by atoms with Crippen molar-refractivity contribution in [1.29, 1.82) is 0 Å². The number of benzene rings is 1. The molecule has 1 aromatic heterocycles. The van der Waals surface area contributed by atoms with E-state index in [0.717, 1.165) is 11.5 Å². The average Bonchev–Trinajstić information content (AvgIpc) is 3.01. The van der Waals surface area contributed by atoms with E-state index in [1.165, 1.54) is 0 Å². The number of carbonyl (C=O) groups is 1. The minimum absolute atomic E-state index is 0.191. The van der Waals surface area contributed by atoms with Crippen molar-refractivity contribution in [2.45, 2.75) is 13.0 Å². The molecular formula is C16H23N5O3. The molecular weight excluding hydrogens is 310 g/mol. The van der Waals surface area contributed by atoms with Crippen LogP contribution in [0.3, 0.4) is 0 Å². The third-order valence-corrected chi connectivity index (χ3v) is 3.58. The Kier molecular flexibility index (Phi) is 6.00. The smallest absolute Gasteiger partial charge is 0.317 e. The average molecular weight is 333 g/mol. The molecule has 2 rings (SSSR count). The number of nitrogens with one attached hydrogen (secondary N) is 1. The lowest BCUT2D eigenvalue weighted by Crippen LogP contribution is -2.41. The van der Waals surface area contributed by atoms with E-state index in [9.17, 15) is 4.79 Å². The molecule has 24 heavy (non-hydrogen) atoms. The maximum Gasteiger partial charge on any atom is 0.317 e. The molecule has 1 N–H and O–H groups in total. The van der Waals surface area contributed by atoms with Gasteiger partial charge in [-0.05, 0) is 31.2 Å². The fourth-order valence-corrected chi connectivity index (χ4v) is 2.12. The van der Waals surface area contributed by atoms with Gasteiger partial charge in [-0.15, -0.1) is 10.2 Å².